The molecule has 0 amide bonds. The number of H-pyrrole nitrogens is 3. The van der Waals surface area contributed by atoms with Gasteiger partial charge in [0, 0.05) is 35.4 Å². The van der Waals surface area contributed by atoms with Crippen molar-refractivity contribution >= 4 is 35.9 Å². The number of rotatable bonds is 3. The number of nitrogens with one attached hydrogen (secondary N) is 3. The van der Waals surface area contributed by atoms with Crippen LogP contribution in [0, 0.1) is 0 Å². The molecule has 0 aliphatic carbocycles. The van der Waals surface area contributed by atoms with Gasteiger partial charge in [0.1, 0.15) is 0 Å². The maximum absolute atomic E-state index is 4.20. The minimum atomic E-state index is -0.0382. The molecule has 8 heteroatoms. The maximum Gasteiger partial charge on any atom is 0.317 e. The van der Waals surface area contributed by atoms with Gasteiger partial charge < -0.3 is 0 Å². The predicted molar refractivity (Wildman–Crippen MR) is 67.7 cm³/mol. The van der Waals surface area contributed by atoms with Gasteiger partial charge in [-0.25, -0.2) is 0 Å². The fourth-order valence-corrected chi connectivity index (χ4v) is 1.75. The first-order valence-corrected chi connectivity index (χ1v) is 4.94. The van der Waals surface area contributed by atoms with Crippen molar-refractivity contribution in [3.63, 3.8) is 0 Å². The molecule has 3 rings (SSSR count). The second-order valence-electron chi connectivity index (χ2n) is 3.43. The molecule has 17 heavy (non-hydrogen) atoms. The second kappa shape index (κ2) is 4.88. The Labute approximate surface area is 104 Å². The molecule has 0 spiro atoms. The highest BCUT2D eigenvalue weighted by Crippen LogP contribution is 1.86. The van der Waals surface area contributed by atoms with Gasteiger partial charge in [0.05, 0.1) is 0 Å². The van der Waals surface area contributed by atoms with E-state index < -0.39 is 0 Å². The van der Waals surface area contributed by atoms with Gasteiger partial charge in [0.25, 0.3) is 0 Å². The summed E-state index contributed by atoms with van der Waals surface area (Å²) in [4.78, 5) is 0. The van der Waals surface area contributed by atoms with Gasteiger partial charge in [-0.15, -0.1) is 12.4 Å². The normalized spacial score (nSPS) is 9.88. The van der Waals surface area contributed by atoms with Gasteiger partial charge in [-0.05, 0) is 18.2 Å². The monoisotopic (exact) mass is 248 g/mol. The van der Waals surface area contributed by atoms with Crippen molar-refractivity contribution in [1.29, 1.82) is 0 Å². The number of halogens is 1. The lowest BCUT2D eigenvalue weighted by atomic mass is 9.42. The molecule has 0 fully saturated rings. The van der Waals surface area contributed by atoms with E-state index in [0.29, 0.717) is 0 Å². The van der Waals surface area contributed by atoms with E-state index in [1.165, 1.54) is 0 Å². The molecule has 0 unspecified atom stereocenters. The summed E-state index contributed by atoms with van der Waals surface area (Å²) in [7, 11) is 0. The Hall–Kier alpha value is -2.02. The van der Waals surface area contributed by atoms with Crippen molar-refractivity contribution in [2.75, 3.05) is 0 Å². The van der Waals surface area contributed by atoms with Crippen LogP contribution < -0.4 is 16.8 Å². The Morgan fingerprint density at radius 2 is 1.06 bits per heavy atom. The van der Waals surface area contributed by atoms with Crippen LogP contribution in [0.5, 0.6) is 0 Å². The van der Waals surface area contributed by atoms with Crippen LogP contribution in [0.25, 0.3) is 0 Å². The SMILES string of the molecule is Cl.c1cc(B(c2cc[nH]n2)c2cc[nH]n2)n[nH]1. The quantitative estimate of drug-likeness (QED) is 0.509. The average molecular weight is 248 g/mol. The highest BCUT2D eigenvalue weighted by Gasteiger charge is 2.27. The van der Waals surface area contributed by atoms with Crippen LogP contribution >= 0.6 is 12.4 Å². The first-order chi connectivity index (χ1) is 7.95. The molecule has 0 aliphatic rings. The average Bonchev–Trinajstić information content (AvgIpc) is 3.02. The Kier molecular flexibility index (Phi) is 3.29. The third kappa shape index (κ3) is 2.09. The van der Waals surface area contributed by atoms with E-state index >= 15 is 0 Å². The van der Waals surface area contributed by atoms with Crippen molar-refractivity contribution in [2.45, 2.75) is 0 Å². The van der Waals surface area contributed by atoms with Gasteiger partial charge in [-0.3, -0.25) is 15.3 Å². The minimum absolute atomic E-state index is 0. The van der Waals surface area contributed by atoms with Gasteiger partial charge in [0.2, 0.25) is 0 Å². The summed E-state index contributed by atoms with van der Waals surface area (Å²) >= 11 is 0. The lowest BCUT2D eigenvalue weighted by molar-refractivity contribution is 1.09. The zero-order chi connectivity index (χ0) is 10.8. The predicted octanol–water partition coefficient (Wildman–Crippen LogP) is -1.21. The van der Waals surface area contributed by atoms with E-state index in [4.69, 9.17) is 0 Å². The molecular weight excluding hydrogens is 238 g/mol. The van der Waals surface area contributed by atoms with Crippen molar-refractivity contribution in [2.24, 2.45) is 0 Å². The van der Waals surface area contributed by atoms with Crippen molar-refractivity contribution in [3.8, 4) is 0 Å². The molecule has 0 atom stereocenters. The number of nitrogens with zero attached hydrogens (tertiary/aromatic N) is 3. The molecule has 0 saturated heterocycles. The van der Waals surface area contributed by atoms with Crippen LogP contribution in [0.4, 0.5) is 0 Å². The summed E-state index contributed by atoms with van der Waals surface area (Å²) in [5.41, 5.74) is 2.71. The fraction of sp³-hybridized carbons (Fsp3) is 0. The summed E-state index contributed by atoms with van der Waals surface area (Å²) in [5, 5.41) is 21.0. The molecule has 3 heterocycles. The fourth-order valence-electron chi connectivity index (χ4n) is 1.75. The number of aromatic amines is 3. The van der Waals surface area contributed by atoms with E-state index in [2.05, 4.69) is 30.6 Å². The van der Waals surface area contributed by atoms with E-state index in [9.17, 15) is 0 Å². The molecular formula is C9H10BClN6. The standard InChI is InChI=1S/C9H9BN6.ClH/c1-4-11-14-7(1)10(8-2-5-12-15-8)9-3-6-13-16-9;/h1-6H,(H,11,14)(H,12,15)(H,13,16);1H. The third-order valence-electron chi connectivity index (χ3n) is 2.45. The molecule has 0 aromatic carbocycles. The number of aromatic nitrogens is 6. The molecule has 0 radical (unpaired) electrons. The summed E-state index contributed by atoms with van der Waals surface area (Å²) in [6.07, 6.45) is 5.38. The first kappa shape index (κ1) is 11.5. The maximum atomic E-state index is 4.20. The molecule has 3 N–H and O–H groups in total. The molecule has 0 aliphatic heterocycles. The Bertz CT molecular complexity index is 451. The molecule has 0 bridgehead atoms. The van der Waals surface area contributed by atoms with E-state index in [1.54, 1.807) is 18.6 Å². The molecule has 3 aromatic rings. The van der Waals surface area contributed by atoms with Crippen LogP contribution in [0.1, 0.15) is 0 Å². The number of hydrogen-bond acceptors (Lipinski definition) is 3. The van der Waals surface area contributed by atoms with Crippen LogP contribution in [0.3, 0.4) is 0 Å². The van der Waals surface area contributed by atoms with Crippen LogP contribution in [-0.4, -0.2) is 37.3 Å². The molecule has 3 aromatic heterocycles. The van der Waals surface area contributed by atoms with Gasteiger partial charge in [0.15, 0.2) is 0 Å². The summed E-state index contributed by atoms with van der Waals surface area (Å²) in [5.74, 6) is 0. The Morgan fingerprint density at radius 1 is 0.706 bits per heavy atom. The van der Waals surface area contributed by atoms with Crippen LogP contribution in [-0.2, 0) is 0 Å². The smallest absolute Gasteiger partial charge is 0.286 e. The zero-order valence-electron chi connectivity index (χ0n) is 8.79. The lowest BCUT2D eigenvalue weighted by Gasteiger charge is -2.03. The van der Waals surface area contributed by atoms with Gasteiger partial charge in [-0.1, -0.05) is 0 Å². The third-order valence-corrected chi connectivity index (χ3v) is 2.45. The van der Waals surface area contributed by atoms with Crippen LogP contribution in [0.15, 0.2) is 36.8 Å². The van der Waals surface area contributed by atoms with Gasteiger partial charge in [-0.2, -0.15) is 15.3 Å². The topological polar surface area (TPSA) is 86.0 Å². The Morgan fingerprint density at radius 3 is 1.29 bits per heavy atom. The minimum Gasteiger partial charge on any atom is -0.286 e. The summed E-state index contributed by atoms with van der Waals surface area (Å²) < 4.78 is 0. The van der Waals surface area contributed by atoms with Crippen molar-refractivity contribution < 1.29 is 0 Å². The molecule has 0 saturated carbocycles. The van der Waals surface area contributed by atoms with E-state index in [-0.39, 0.29) is 19.1 Å². The van der Waals surface area contributed by atoms with E-state index in [0.717, 1.165) is 16.8 Å². The highest BCUT2D eigenvalue weighted by atomic mass is 35.5. The van der Waals surface area contributed by atoms with Crippen LogP contribution in [0.2, 0.25) is 0 Å². The first-order valence-electron chi connectivity index (χ1n) is 4.94. The van der Waals surface area contributed by atoms with Crippen molar-refractivity contribution in [3.05, 3.63) is 36.8 Å². The van der Waals surface area contributed by atoms with E-state index in [1.807, 2.05) is 18.2 Å². The molecule has 86 valence electrons. The lowest BCUT2D eigenvalue weighted by Crippen LogP contribution is -2.54. The summed E-state index contributed by atoms with van der Waals surface area (Å²) in [6.45, 7) is -0.0382. The summed E-state index contributed by atoms with van der Waals surface area (Å²) in [6, 6.07) is 5.77. The molecule has 6 nitrogen and oxygen atoms in total. The largest absolute Gasteiger partial charge is 0.317 e. The second-order valence-corrected chi connectivity index (χ2v) is 3.43. The zero-order valence-corrected chi connectivity index (χ0v) is 9.61. The number of hydrogen-bond donors (Lipinski definition) is 3. The Balaban J connectivity index is 0.00000108. The van der Waals surface area contributed by atoms with Gasteiger partial charge >= 0.3 is 6.71 Å². The van der Waals surface area contributed by atoms with Crippen molar-refractivity contribution in [1.82, 2.24) is 30.6 Å². The highest BCUT2D eigenvalue weighted by molar-refractivity contribution is 6.93.